The fourth-order valence-corrected chi connectivity index (χ4v) is 1.81. The predicted molar refractivity (Wildman–Crippen MR) is 76.0 cm³/mol. The summed E-state index contributed by atoms with van der Waals surface area (Å²) in [6.45, 7) is 0. The van der Waals surface area contributed by atoms with Gasteiger partial charge in [-0.15, -0.1) is 0 Å². The Balaban J connectivity index is 2.19. The molecular formula is C14H10ClNO5. The summed E-state index contributed by atoms with van der Waals surface area (Å²) in [5.41, 5.74) is 0.271. The lowest BCUT2D eigenvalue weighted by Gasteiger charge is -2.08. The molecule has 0 radical (unpaired) electrons. The first-order valence-electron chi connectivity index (χ1n) is 5.81. The number of nitro groups is 1. The smallest absolute Gasteiger partial charge is 0.337 e. The van der Waals surface area contributed by atoms with Gasteiger partial charge in [0.15, 0.2) is 0 Å². The Bertz CT molecular complexity index is 684. The number of benzene rings is 2. The van der Waals surface area contributed by atoms with Gasteiger partial charge in [0, 0.05) is 12.1 Å². The lowest BCUT2D eigenvalue weighted by molar-refractivity contribution is -0.384. The number of nitro benzene ring substituents is 1. The first-order valence-corrected chi connectivity index (χ1v) is 6.19. The van der Waals surface area contributed by atoms with Crippen molar-refractivity contribution in [3.63, 3.8) is 0 Å². The van der Waals surface area contributed by atoms with Crippen LogP contribution in [-0.2, 0) is 4.74 Å². The summed E-state index contributed by atoms with van der Waals surface area (Å²) in [4.78, 5) is 21.4. The van der Waals surface area contributed by atoms with Crippen LogP contribution in [0.15, 0.2) is 42.5 Å². The van der Waals surface area contributed by atoms with E-state index in [-0.39, 0.29) is 10.7 Å². The number of carbonyl (C=O) groups is 1. The van der Waals surface area contributed by atoms with Gasteiger partial charge in [-0.2, -0.15) is 0 Å². The number of esters is 1. The molecule has 108 valence electrons. The summed E-state index contributed by atoms with van der Waals surface area (Å²) in [7, 11) is 1.28. The van der Waals surface area contributed by atoms with Crippen LogP contribution >= 0.6 is 11.6 Å². The van der Waals surface area contributed by atoms with Gasteiger partial charge < -0.3 is 9.47 Å². The fraction of sp³-hybridized carbons (Fsp3) is 0.0714. The van der Waals surface area contributed by atoms with Gasteiger partial charge >= 0.3 is 5.97 Å². The summed E-state index contributed by atoms with van der Waals surface area (Å²) in [6.07, 6.45) is 0. The van der Waals surface area contributed by atoms with Crippen molar-refractivity contribution >= 4 is 23.3 Å². The molecule has 6 nitrogen and oxygen atoms in total. The molecule has 2 aromatic carbocycles. The maximum absolute atomic E-state index is 11.4. The second-order valence-electron chi connectivity index (χ2n) is 3.99. The van der Waals surface area contributed by atoms with Crippen LogP contribution in [0.1, 0.15) is 10.4 Å². The zero-order chi connectivity index (χ0) is 15.4. The molecule has 2 aromatic rings. The third kappa shape index (κ3) is 3.49. The molecule has 0 aliphatic heterocycles. The normalized spacial score (nSPS) is 10.0. The quantitative estimate of drug-likeness (QED) is 0.487. The number of non-ortho nitro benzene ring substituents is 1. The first kappa shape index (κ1) is 14.8. The third-order valence-corrected chi connectivity index (χ3v) is 2.92. The minimum Gasteiger partial charge on any atom is -0.465 e. The van der Waals surface area contributed by atoms with Gasteiger partial charge in [-0.25, -0.2) is 4.79 Å². The summed E-state index contributed by atoms with van der Waals surface area (Å²) in [5, 5.41) is 10.8. The zero-order valence-corrected chi connectivity index (χ0v) is 11.7. The van der Waals surface area contributed by atoms with Crippen molar-refractivity contribution in [1.82, 2.24) is 0 Å². The van der Waals surface area contributed by atoms with Crippen LogP contribution in [-0.4, -0.2) is 18.0 Å². The molecule has 0 unspecified atom stereocenters. The van der Waals surface area contributed by atoms with E-state index < -0.39 is 10.9 Å². The lowest BCUT2D eigenvalue weighted by atomic mass is 10.2. The van der Waals surface area contributed by atoms with Gasteiger partial charge in [-0.3, -0.25) is 10.1 Å². The standard InChI is InChI=1S/C14H10ClNO5/c1-20-14(17)9-2-7-13(12(15)8-9)21-11-5-3-10(4-6-11)16(18)19/h2-8H,1H3. The van der Waals surface area contributed by atoms with Gasteiger partial charge in [0.2, 0.25) is 0 Å². The molecule has 0 aliphatic carbocycles. The number of hydrogen-bond acceptors (Lipinski definition) is 5. The number of rotatable bonds is 4. The van der Waals surface area contributed by atoms with Crippen molar-refractivity contribution < 1.29 is 19.2 Å². The average molecular weight is 308 g/mol. The Labute approximate surface area is 125 Å². The average Bonchev–Trinajstić information content (AvgIpc) is 2.49. The fourth-order valence-electron chi connectivity index (χ4n) is 1.59. The molecule has 0 aliphatic rings. The molecule has 0 heterocycles. The molecule has 2 rings (SSSR count). The monoisotopic (exact) mass is 307 g/mol. The molecule has 0 amide bonds. The largest absolute Gasteiger partial charge is 0.465 e. The number of nitrogens with zero attached hydrogens (tertiary/aromatic N) is 1. The molecule has 0 bridgehead atoms. The topological polar surface area (TPSA) is 78.7 Å². The van der Waals surface area contributed by atoms with E-state index in [1.807, 2.05) is 0 Å². The van der Waals surface area contributed by atoms with Crippen LogP contribution in [0.4, 0.5) is 5.69 Å². The minimum atomic E-state index is -0.501. The van der Waals surface area contributed by atoms with Crippen molar-refractivity contribution in [2.24, 2.45) is 0 Å². The van der Waals surface area contributed by atoms with E-state index in [9.17, 15) is 14.9 Å². The van der Waals surface area contributed by atoms with Gasteiger partial charge in [0.1, 0.15) is 11.5 Å². The summed E-state index contributed by atoms with van der Waals surface area (Å²) in [6, 6.07) is 10.0. The van der Waals surface area contributed by atoms with E-state index in [0.29, 0.717) is 17.1 Å². The van der Waals surface area contributed by atoms with Crippen molar-refractivity contribution in [1.29, 1.82) is 0 Å². The van der Waals surface area contributed by atoms with Crippen LogP contribution in [0.2, 0.25) is 5.02 Å². The molecule has 0 atom stereocenters. The molecule has 21 heavy (non-hydrogen) atoms. The number of halogens is 1. The highest BCUT2D eigenvalue weighted by Crippen LogP contribution is 2.31. The summed E-state index contributed by atoms with van der Waals surface area (Å²) >= 11 is 6.02. The SMILES string of the molecule is COC(=O)c1ccc(Oc2ccc([N+](=O)[O-])cc2)c(Cl)c1. The van der Waals surface area contributed by atoms with Crippen LogP contribution in [0, 0.1) is 10.1 Å². The predicted octanol–water partition coefficient (Wildman–Crippen LogP) is 3.83. The van der Waals surface area contributed by atoms with E-state index in [4.69, 9.17) is 16.3 Å². The van der Waals surface area contributed by atoms with Gasteiger partial charge in [-0.1, -0.05) is 11.6 Å². The van der Waals surface area contributed by atoms with Crippen LogP contribution < -0.4 is 4.74 Å². The second kappa shape index (κ2) is 6.23. The number of carbonyl (C=O) groups excluding carboxylic acids is 1. The first-order chi connectivity index (χ1) is 10.0. The van der Waals surface area contributed by atoms with Crippen LogP contribution in [0.25, 0.3) is 0 Å². The van der Waals surface area contributed by atoms with Crippen molar-refractivity contribution in [3.8, 4) is 11.5 Å². The minimum absolute atomic E-state index is 0.0329. The third-order valence-electron chi connectivity index (χ3n) is 2.63. The Morgan fingerprint density at radius 1 is 1.19 bits per heavy atom. The maximum Gasteiger partial charge on any atom is 0.337 e. The van der Waals surface area contributed by atoms with Gasteiger partial charge in [-0.05, 0) is 30.3 Å². The maximum atomic E-state index is 11.4. The highest BCUT2D eigenvalue weighted by Gasteiger charge is 2.11. The van der Waals surface area contributed by atoms with Gasteiger partial charge in [0.25, 0.3) is 5.69 Å². The van der Waals surface area contributed by atoms with E-state index in [1.165, 1.54) is 49.6 Å². The van der Waals surface area contributed by atoms with Crippen LogP contribution in [0.3, 0.4) is 0 Å². The lowest BCUT2D eigenvalue weighted by Crippen LogP contribution is -2.00. The van der Waals surface area contributed by atoms with Crippen molar-refractivity contribution in [2.45, 2.75) is 0 Å². The van der Waals surface area contributed by atoms with E-state index in [0.717, 1.165) is 0 Å². The second-order valence-corrected chi connectivity index (χ2v) is 4.40. The molecular weight excluding hydrogens is 298 g/mol. The van der Waals surface area contributed by atoms with E-state index in [1.54, 1.807) is 0 Å². The Hall–Kier alpha value is -2.60. The Kier molecular flexibility index (Phi) is 4.39. The Morgan fingerprint density at radius 2 is 1.86 bits per heavy atom. The zero-order valence-electron chi connectivity index (χ0n) is 10.9. The van der Waals surface area contributed by atoms with E-state index in [2.05, 4.69) is 4.74 Å². The molecule has 0 aromatic heterocycles. The van der Waals surface area contributed by atoms with Crippen LogP contribution in [0.5, 0.6) is 11.5 Å². The summed E-state index contributed by atoms with van der Waals surface area (Å²) < 4.78 is 10.1. The van der Waals surface area contributed by atoms with Crippen molar-refractivity contribution in [3.05, 3.63) is 63.2 Å². The molecule has 0 spiro atoms. The number of methoxy groups -OCH3 is 1. The molecule has 0 saturated heterocycles. The molecule has 7 heteroatoms. The Morgan fingerprint density at radius 3 is 2.38 bits per heavy atom. The molecule has 0 fully saturated rings. The van der Waals surface area contributed by atoms with E-state index >= 15 is 0 Å². The number of hydrogen-bond donors (Lipinski definition) is 0. The highest BCUT2D eigenvalue weighted by molar-refractivity contribution is 6.32. The van der Waals surface area contributed by atoms with Crippen molar-refractivity contribution in [2.75, 3.05) is 7.11 Å². The van der Waals surface area contributed by atoms with Gasteiger partial charge in [0.05, 0.1) is 22.6 Å². The number of ether oxygens (including phenoxy) is 2. The molecule has 0 N–H and O–H groups in total. The summed E-state index contributed by atoms with van der Waals surface area (Å²) in [5.74, 6) is 0.227. The molecule has 0 saturated carbocycles. The highest BCUT2D eigenvalue weighted by atomic mass is 35.5.